The highest BCUT2D eigenvalue weighted by Gasteiger charge is 2.11. The van der Waals surface area contributed by atoms with Gasteiger partial charge in [0, 0.05) is 17.6 Å². The van der Waals surface area contributed by atoms with Gasteiger partial charge in [-0.25, -0.2) is 4.98 Å². The lowest BCUT2D eigenvalue weighted by atomic mass is 10.2. The molecule has 4 rings (SSSR count). The van der Waals surface area contributed by atoms with Crippen LogP contribution in [0.15, 0.2) is 66.3 Å². The van der Waals surface area contributed by atoms with Crippen LogP contribution in [0.3, 0.4) is 0 Å². The van der Waals surface area contributed by atoms with Crippen LogP contribution in [0.2, 0.25) is 0 Å². The summed E-state index contributed by atoms with van der Waals surface area (Å²) >= 11 is 1.42. The Hall–Kier alpha value is -3.12. The third kappa shape index (κ3) is 3.12. The molecule has 2 aromatic carbocycles. The number of hydrogen-bond acceptors (Lipinski definition) is 4. The number of aromatic nitrogens is 2. The van der Waals surface area contributed by atoms with E-state index in [0.29, 0.717) is 17.1 Å². The Bertz CT molecular complexity index is 1030. The fourth-order valence-corrected chi connectivity index (χ4v) is 3.44. The van der Waals surface area contributed by atoms with Gasteiger partial charge in [0.15, 0.2) is 0 Å². The van der Waals surface area contributed by atoms with Gasteiger partial charge in [-0.1, -0.05) is 24.3 Å². The summed E-state index contributed by atoms with van der Waals surface area (Å²) in [6.45, 7) is 0.473. The number of benzene rings is 2. The van der Waals surface area contributed by atoms with Crippen molar-refractivity contribution < 1.29 is 4.79 Å². The predicted molar refractivity (Wildman–Crippen MR) is 101 cm³/mol. The largest absolute Gasteiger partial charge is 0.399 e. The van der Waals surface area contributed by atoms with E-state index in [0.717, 1.165) is 22.3 Å². The minimum absolute atomic E-state index is 0.0857. The molecule has 2 heterocycles. The minimum Gasteiger partial charge on any atom is -0.399 e. The second-order valence-electron chi connectivity index (χ2n) is 5.70. The zero-order valence-corrected chi connectivity index (χ0v) is 14.2. The molecule has 0 unspecified atom stereocenters. The van der Waals surface area contributed by atoms with Crippen LogP contribution in [-0.2, 0) is 6.54 Å². The molecule has 0 saturated heterocycles. The Morgan fingerprint density at radius 3 is 2.80 bits per heavy atom. The van der Waals surface area contributed by atoms with Gasteiger partial charge in [-0.2, -0.15) is 0 Å². The van der Waals surface area contributed by atoms with E-state index in [-0.39, 0.29) is 5.91 Å². The summed E-state index contributed by atoms with van der Waals surface area (Å²) in [7, 11) is 0. The zero-order chi connectivity index (χ0) is 17.2. The quantitative estimate of drug-likeness (QED) is 0.554. The Morgan fingerprint density at radius 2 is 1.96 bits per heavy atom. The number of amides is 1. The molecule has 1 amide bonds. The number of nitrogens with zero attached hydrogens (tertiary/aromatic N) is 2. The van der Waals surface area contributed by atoms with Crippen LogP contribution >= 0.6 is 11.3 Å². The van der Waals surface area contributed by atoms with Crippen molar-refractivity contribution in [1.82, 2.24) is 14.9 Å². The number of fused-ring (bicyclic) bond motifs is 1. The van der Waals surface area contributed by atoms with Crippen molar-refractivity contribution >= 4 is 34.0 Å². The Morgan fingerprint density at radius 1 is 1.16 bits per heavy atom. The van der Waals surface area contributed by atoms with Crippen molar-refractivity contribution in [2.45, 2.75) is 6.54 Å². The Balaban J connectivity index is 1.50. The summed E-state index contributed by atoms with van der Waals surface area (Å²) in [6, 6.07) is 17.3. The van der Waals surface area contributed by atoms with Crippen molar-refractivity contribution in [3.8, 4) is 5.69 Å². The maximum atomic E-state index is 12.4. The van der Waals surface area contributed by atoms with E-state index < -0.39 is 0 Å². The molecule has 4 aromatic rings. The van der Waals surface area contributed by atoms with Gasteiger partial charge < -0.3 is 11.1 Å². The normalized spacial score (nSPS) is 10.9. The zero-order valence-electron chi connectivity index (χ0n) is 13.3. The highest BCUT2D eigenvalue weighted by atomic mass is 32.1. The molecular weight excluding hydrogens is 332 g/mol. The lowest BCUT2D eigenvalue weighted by Crippen LogP contribution is -2.21. The van der Waals surface area contributed by atoms with Crippen LogP contribution in [0.5, 0.6) is 0 Å². The number of carbonyl (C=O) groups is 1. The lowest BCUT2D eigenvalue weighted by molar-refractivity contribution is 0.0955. The predicted octanol–water partition coefficient (Wildman–Crippen LogP) is 3.60. The van der Waals surface area contributed by atoms with E-state index in [1.54, 1.807) is 6.33 Å². The van der Waals surface area contributed by atoms with E-state index in [4.69, 9.17) is 5.73 Å². The average molecular weight is 348 g/mol. The number of thiophene rings is 1. The van der Waals surface area contributed by atoms with Crippen LogP contribution in [0.25, 0.3) is 16.7 Å². The summed E-state index contributed by atoms with van der Waals surface area (Å²) in [6.07, 6.45) is 1.78. The van der Waals surface area contributed by atoms with E-state index in [9.17, 15) is 4.79 Å². The number of rotatable bonds is 4. The number of imidazole rings is 1. The molecule has 0 atom stereocenters. The lowest BCUT2D eigenvalue weighted by Gasteiger charge is -2.04. The van der Waals surface area contributed by atoms with E-state index in [1.807, 2.05) is 64.5 Å². The van der Waals surface area contributed by atoms with Gasteiger partial charge in [-0.15, -0.1) is 11.3 Å². The van der Waals surface area contributed by atoms with E-state index >= 15 is 0 Å². The van der Waals surface area contributed by atoms with Gasteiger partial charge >= 0.3 is 0 Å². The van der Waals surface area contributed by atoms with Crippen LogP contribution in [-0.4, -0.2) is 15.5 Å². The van der Waals surface area contributed by atoms with Crippen LogP contribution in [0.1, 0.15) is 15.2 Å². The molecule has 0 aliphatic carbocycles. The molecule has 6 heteroatoms. The summed E-state index contributed by atoms with van der Waals surface area (Å²) < 4.78 is 1.99. The Labute approximate surface area is 148 Å². The van der Waals surface area contributed by atoms with Crippen molar-refractivity contribution in [3.63, 3.8) is 0 Å². The monoisotopic (exact) mass is 348 g/mol. The van der Waals surface area contributed by atoms with E-state index in [2.05, 4.69) is 10.3 Å². The van der Waals surface area contributed by atoms with Gasteiger partial charge in [0.1, 0.15) is 6.33 Å². The summed E-state index contributed by atoms with van der Waals surface area (Å²) in [5.41, 5.74) is 10.3. The SMILES string of the molecule is Nc1ccc(CNC(=O)c2cc(-n3cnc4ccccc43)cs2)cc1. The first-order valence-electron chi connectivity index (χ1n) is 7.84. The topological polar surface area (TPSA) is 72.9 Å². The molecule has 0 saturated carbocycles. The van der Waals surface area contributed by atoms with Gasteiger partial charge in [-0.05, 0) is 35.9 Å². The van der Waals surface area contributed by atoms with Crippen molar-refractivity contribution in [2.75, 3.05) is 5.73 Å². The molecule has 2 aromatic heterocycles. The fraction of sp³-hybridized carbons (Fsp3) is 0.0526. The molecule has 0 aliphatic heterocycles. The summed E-state index contributed by atoms with van der Waals surface area (Å²) in [4.78, 5) is 17.4. The molecule has 25 heavy (non-hydrogen) atoms. The summed E-state index contributed by atoms with van der Waals surface area (Å²) in [5.74, 6) is -0.0857. The number of anilines is 1. The van der Waals surface area contributed by atoms with Crippen molar-refractivity contribution in [2.24, 2.45) is 0 Å². The molecule has 0 aliphatic rings. The maximum Gasteiger partial charge on any atom is 0.261 e. The van der Waals surface area contributed by atoms with Crippen LogP contribution in [0, 0.1) is 0 Å². The van der Waals surface area contributed by atoms with Gasteiger partial charge in [0.25, 0.3) is 5.91 Å². The average Bonchev–Trinajstić information content (AvgIpc) is 3.27. The standard InChI is InChI=1S/C19H16N4OS/c20-14-7-5-13(6-8-14)10-21-19(24)18-9-15(11-25-18)23-12-22-16-3-1-2-4-17(16)23/h1-9,11-12H,10,20H2,(H,21,24). The van der Waals surface area contributed by atoms with Crippen LogP contribution < -0.4 is 11.1 Å². The Kier molecular flexibility index (Phi) is 3.95. The number of nitrogens with two attached hydrogens (primary N) is 1. The summed E-state index contributed by atoms with van der Waals surface area (Å²) in [5, 5.41) is 4.90. The second kappa shape index (κ2) is 6.41. The van der Waals surface area contributed by atoms with Crippen molar-refractivity contribution in [3.05, 3.63) is 76.7 Å². The highest BCUT2D eigenvalue weighted by molar-refractivity contribution is 7.12. The molecule has 3 N–H and O–H groups in total. The molecule has 5 nitrogen and oxygen atoms in total. The smallest absolute Gasteiger partial charge is 0.261 e. The molecule has 0 spiro atoms. The molecular formula is C19H16N4OS. The first-order chi connectivity index (χ1) is 12.2. The molecule has 0 bridgehead atoms. The van der Waals surface area contributed by atoms with Crippen LogP contribution in [0.4, 0.5) is 5.69 Å². The third-order valence-electron chi connectivity index (χ3n) is 3.97. The first kappa shape index (κ1) is 15.4. The van der Waals surface area contributed by atoms with Gasteiger partial charge in [0.2, 0.25) is 0 Å². The maximum absolute atomic E-state index is 12.4. The minimum atomic E-state index is -0.0857. The number of nitrogens with one attached hydrogen (secondary N) is 1. The van der Waals surface area contributed by atoms with Gasteiger partial charge in [-0.3, -0.25) is 9.36 Å². The number of hydrogen-bond donors (Lipinski definition) is 2. The highest BCUT2D eigenvalue weighted by Crippen LogP contribution is 2.23. The molecule has 124 valence electrons. The van der Waals surface area contributed by atoms with Gasteiger partial charge in [0.05, 0.1) is 21.6 Å². The molecule has 0 fully saturated rings. The number of para-hydroxylation sites is 2. The van der Waals surface area contributed by atoms with Crippen molar-refractivity contribution in [1.29, 1.82) is 0 Å². The first-order valence-corrected chi connectivity index (χ1v) is 8.72. The number of carbonyl (C=O) groups excluding carboxylic acids is 1. The third-order valence-corrected chi connectivity index (χ3v) is 4.89. The fourth-order valence-electron chi connectivity index (χ4n) is 2.64. The number of nitrogen functional groups attached to an aromatic ring is 1. The molecule has 0 radical (unpaired) electrons. The second-order valence-corrected chi connectivity index (χ2v) is 6.61. The van der Waals surface area contributed by atoms with E-state index in [1.165, 1.54) is 11.3 Å².